The summed E-state index contributed by atoms with van der Waals surface area (Å²) in [7, 11) is -3.75. The maximum atomic E-state index is 11.1. The molecular formula is C7H9N5O2S. The van der Waals surface area contributed by atoms with Gasteiger partial charge in [0, 0.05) is 0 Å². The van der Waals surface area contributed by atoms with Crippen LogP contribution >= 0.6 is 0 Å². The zero-order valence-corrected chi connectivity index (χ0v) is 8.74. The normalized spacial score (nSPS) is 17.5. The summed E-state index contributed by atoms with van der Waals surface area (Å²) < 4.78 is 27.7. The molecule has 0 radical (unpaired) electrons. The number of fused-ring (bicyclic) bond motifs is 1. The largest absolute Gasteiger partial charge is 0.381 e. The molecule has 0 saturated carbocycles. The fourth-order valence-electron chi connectivity index (χ4n) is 1.17. The highest BCUT2D eigenvalue weighted by Crippen LogP contribution is 2.17. The van der Waals surface area contributed by atoms with Gasteiger partial charge >= 0.3 is 10.2 Å². The zero-order valence-electron chi connectivity index (χ0n) is 7.93. The summed E-state index contributed by atoms with van der Waals surface area (Å²) in [5.41, 5.74) is 6.49. The van der Waals surface area contributed by atoms with E-state index in [4.69, 9.17) is 5.73 Å². The molecule has 0 spiro atoms. The molecule has 1 aromatic rings. The van der Waals surface area contributed by atoms with E-state index in [9.17, 15) is 8.42 Å². The lowest BCUT2D eigenvalue weighted by Crippen LogP contribution is -2.28. The van der Waals surface area contributed by atoms with E-state index < -0.39 is 10.2 Å². The molecule has 15 heavy (non-hydrogen) atoms. The van der Waals surface area contributed by atoms with Gasteiger partial charge < -0.3 is 5.73 Å². The summed E-state index contributed by atoms with van der Waals surface area (Å²) in [5, 5.41) is 0. The fourth-order valence-corrected chi connectivity index (χ4v) is 1.95. The van der Waals surface area contributed by atoms with Crippen LogP contribution in [0.3, 0.4) is 0 Å². The van der Waals surface area contributed by atoms with Gasteiger partial charge in [-0.25, -0.2) is 14.7 Å². The monoisotopic (exact) mass is 227 g/mol. The number of aryl methyl sites for hydroxylation is 1. The van der Waals surface area contributed by atoms with E-state index in [2.05, 4.69) is 19.1 Å². The molecule has 0 amide bonds. The van der Waals surface area contributed by atoms with Crippen LogP contribution in [-0.4, -0.2) is 24.2 Å². The average Bonchev–Trinajstić information content (AvgIpc) is 2.15. The molecular weight excluding hydrogens is 218 g/mol. The fraction of sp³-hybridized carbons (Fsp3) is 0.286. The Morgan fingerprint density at radius 2 is 2.27 bits per heavy atom. The molecule has 0 aromatic carbocycles. The van der Waals surface area contributed by atoms with E-state index >= 15 is 0 Å². The molecule has 0 unspecified atom stereocenters. The number of aromatic nitrogens is 2. The first-order valence-corrected chi connectivity index (χ1v) is 5.70. The Morgan fingerprint density at radius 3 is 2.93 bits per heavy atom. The SMILES string of the molecule is CCc1cnc2c(n1)C(N)=NS(=O)(=O)N2. The summed E-state index contributed by atoms with van der Waals surface area (Å²) >= 11 is 0. The minimum atomic E-state index is -3.75. The van der Waals surface area contributed by atoms with E-state index in [0.29, 0.717) is 6.42 Å². The van der Waals surface area contributed by atoms with Crippen LogP contribution in [0.2, 0.25) is 0 Å². The lowest BCUT2D eigenvalue weighted by Gasteiger charge is -2.13. The van der Waals surface area contributed by atoms with Crippen molar-refractivity contribution in [2.75, 3.05) is 4.72 Å². The standard InChI is InChI=1S/C7H9N5O2S/c1-2-4-3-9-7-5(10-4)6(8)11-15(13,14)12-7/h3H,2H2,1H3,(H2,8,11)(H,9,12). The van der Waals surface area contributed by atoms with Gasteiger partial charge in [0.2, 0.25) is 0 Å². The topological polar surface area (TPSA) is 110 Å². The van der Waals surface area contributed by atoms with Crippen molar-refractivity contribution in [1.29, 1.82) is 0 Å². The van der Waals surface area contributed by atoms with E-state index in [1.165, 1.54) is 6.20 Å². The Morgan fingerprint density at radius 1 is 1.53 bits per heavy atom. The predicted molar refractivity (Wildman–Crippen MR) is 54.7 cm³/mol. The van der Waals surface area contributed by atoms with Crippen molar-refractivity contribution in [2.24, 2.45) is 10.1 Å². The Balaban J connectivity index is 2.60. The maximum absolute atomic E-state index is 11.1. The third kappa shape index (κ3) is 1.75. The van der Waals surface area contributed by atoms with Crippen LogP contribution in [0.5, 0.6) is 0 Å². The number of anilines is 1. The van der Waals surface area contributed by atoms with Gasteiger partial charge in [-0.3, -0.25) is 0 Å². The molecule has 0 aliphatic carbocycles. The molecule has 7 nitrogen and oxygen atoms in total. The number of hydrogen-bond acceptors (Lipinski definition) is 5. The van der Waals surface area contributed by atoms with Crippen LogP contribution in [0.15, 0.2) is 10.6 Å². The van der Waals surface area contributed by atoms with Crippen molar-refractivity contribution in [3.8, 4) is 0 Å². The van der Waals surface area contributed by atoms with Gasteiger partial charge in [-0.05, 0) is 6.42 Å². The van der Waals surface area contributed by atoms with Crippen molar-refractivity contribution in [3.05, 3.63) is 17.6 Å². The van der Waals surface area contributed by atoms with Crippen LogP contribution in [0, 0.1) is 0 Å². The second kappa shape index (κ2) is 3.16. The van der Waals surface area contributed by atoms with Crippen LogP contribution in [-0.2, 0) is 16.6 Å². The molecule has 2 rings (SSSR count). The van der Waals surface area contributed by atoms with Crippen molar-refractivity contribution in [2.45, 2.75) is 13.3 Å². The number of nitrogens with one attached hydrogen (secondary N) is 1. The quantitative estimate of drug-likeness (QED) is 0.666. The number of hydrogen-bond donors (Lipinski definition) is 2. The van der Waals surface area contributed by atoms with E-state index in [-0.39, 0.29) is 17.3 Å². The third-order valence-electron chi connectivity index (χ3n) is 1.87. The van der Waals surface area contributed by atoms with Crippen LogP contribution in [0.4, 0.5) is 5.82 Å². The van der Waals surface area contributed by atoms with Crippen LogP contribution < -0.4 is 10.5 Å². The molecule has 0 bridgehead atoms. The molecule has 80 valence electrons. The molecule has 2 heterocycles. The summed E-state index contributed by atoms with van der Waals surface area (Å²) in [6.45, 7) is 1.91. The van der Waals surface area contributed by atoms with Gasteiger partial charge in [-0.2, -0.15) is 8.42 Å². The minimum Gasteiger partial charge on any atom is -0.381 e. The van der Waals surface area contributed by atoms with E-state index in [0.717, 1.165) is 5.69 Å². The van der Waals surface area contributed by atoms with Gasteiger partial charge in [0.1, 0.15) is 5.69 Å². The Bertz CT molecular complexity index is 536. The van der Waals surface area contributed by atoms with Gasteiger partial charge in [0.25, 0.3) is 0 Å². The maximum Gasteiger partial charge on any atom is 0.345 e. The van der Waals surface area contributed by atoms with E-state index in [1.807, 2.05) is 6.92 Å². The molecule has 8 heteroatoms. The lowest BCUT2D eigenvalue weighted by atomic mass is 10.3. The van der Waals surface area contributed by atoms with Gasteiger partial charge in [0.05, 0.1) is 11.9 Å². The van der Waals surface area contributed by atoms with Crippen molar-refractivity contribution in [1.82, 2.24) is 9.97 Å². The Hall–Kier alpha value is -1.70. The van der Waals surface area contributed by atoms with Crippen molar-refractivity contribution in [3.63, 3.8) is 0 Å². The van der Waals surface area contributed by atoms with Crippen molar-refractivity contribution >= 4 is 21.9 Å². The molecule has 0 saturated heterocycles. The van der Waals surface area contributed by atoms with Gasteiger partial charge in [-0.1, -0.05) is 6.92 Å². The molecule has 0 fully saturated rings. The molecule has 3 N–H and O–H groups in total. The first-order chi connectivity index (χ1) is 7.02. The number of amidine groups is 1. The second-order valence-corrected chi connectivity index (χ2v) is 4.30. The molecule has 0 atom stereocenters. The van der Waals surface area contributed by atoms with Crippen LogP contribution in [0.1, 0.15) is 18.3 Å². The molecule has 1 aliphatic heterocycles. The van der Waals surface area contributed by atoms with Gasteiger partial charge in [-0.15, -0.1) is 4.40 Å². The highest BCUT2D eigenvalue weighted by molar-refractivity contribution is 7.91. The molecule has 1 aliphatic rings. The number of nitrogens with zero attached hydrogens (tertiary/aromatic N) is 3. The van der Waals surface area contributed by atoms with Crippen molar-refractivity contribution < 1.29 is 8.42 Å². The smallest absolute Gasteiger partial charge is 0.345 e. The van der Waals surface area contributed by atoms with Gasteiger partial charge in [0.15, 0.2) is 11.7 Å². The number of rotatable bonds is 1. The minimum absolute atomic E-state index is 0.125. The predicted octanol–water partition coefficient (Wildman–Crippen LogP) is -0.585. The highest BCUT2D eigenvalue weighted by atomic mass is 32.2. The summed E-state index contributed by atoms with van der Waals surface area (Å²) in [5.74, 6) is -0.00810. The third-order valence-corrected chi connectivity index (χ3v) is 2.76. The summed E-state index contributed by atoms with van der Waals surface area (Å²) in [6.07, 6.45) is 2.19. The Labute approximate surface area is 86.6 Å². The van der Waals surface area contributed by atoms with Crippen LogP contribution in [0.25, 0.3) is 0 Å². The number of nitrogens with two attached hydrogens (primary N) is 1. The average molecular weight is 227 g/mol. The first-order valence-electron chi connectivity index (χ1n) is 4.26. The molecule has 1 aromatic heterocycles. The second-order valence-electron chi connectivity index (χ2n) is 2.97. The zero-order chi connectivity index (χ0) is 11.1. The van der Waals surface area contributed by atoms with E-state index in [1.54, 1.807) is 0 Å². The highest BCUT2D eigenvalue weighted by Gasteiger charge is 2.23. The first kappa shape index (κ1) is 9.84. The Kier molecular flexibility index (Phi) is 2.07. The summed E-state index contributed by atoms with van der Waals surface area (Å²) in [4.78, 5) is 8.06. The summed E-state index contributed by atoms with van der Waals surface area (Å²) in [6, 6.07) is 0. The lowest BCUT2D eigenvalue weighted by molar-refractivity contribution is 0.602.